The maximum Gasteiger partial charge on any atom is 0.191 e. The van der Waals surface area contributed by atoms with Gasteiger partial charge in [0.05, 0.1) is 3.39 Å². The SMILES string of the molecule is C[C@@H](CO[Si](C)(C)C(C)(C)C)C[C@@H](C)C=C(Br)Br. The first kappa shape index (κ1) is 18.9. The van der Waals surface area contributed by atoms with Crippen molar-refractivity contribution in [2.24, 2.45) is 11.8 Å². The second-order valence-electron chi connectivity index (χ2n) is 6.85. The lowest BCUT2D eigenvalue weighted by atomic mass is 9.98. The highest BCUT2D eigenvalue weighted by Gasteiger charge is 2.37. The van der Waals surface area contributed by atoms with Crippen molar-refractivity contribution in [2.75, 3.05) is 6.61 Å². The van der Waals surface area contributed by atoms with Gasteiger partial charge in [0.1, 0.15) is 0 Å². The Bertz CT molecular complexity index is 278. The number of allylic oxidation sites excluding steroid dienone is 1. The normalized spacial score (nSPS) is 16.3. The molecular formula is C14H28Br2OSi. The highest BCUT2D eigenvalue weighted by molar-refractivity contribution is 9.28. The van der Waals surface area contributed by atoms with Crippen molar-refractivity contribution >= 4 is 40.2 Å². The Morgan fingerprint density at radius 2 is 1.72 bits per heavy atom. The number of halogens is 2. The minimum Gasteiger partial charge on any atom is -0.417 e. The van der Waals surface area contributed by atoms with Gasteiger partial charge >= 0.3 is 0 Å². The predicted octanol–water partition coefficient (Wildman–Crippen LogP) is 6.30. The van der Waals surface area contributed by atoms with Crippen LogP contribution in [0.2, 0.25) is 18.1 Å². The van der Waals surface area contributed by atoms with Crippen LogP contribution < -0.4 is 0 Å². The molecule has 0 bridgehead atoms. The minimum absolute atomic E-state index is 0.303. The van der Waals surface area contributed by atoms with Crippen molar-refractivity contribution < 1.29 is 4.43 Å². The van der Waals surface area contributed by atoms with Crippen LogP contribution in [-0.2, 0) is 4.43 Å². The van der Waals surface area contributed by atoms with E-state index in [-0.39, 0.29) is 0 Å². The van der Waals surface area contributed by atoms with E-state index in [1.807, 2.05) is 0 Å². The second-order valence-corrected chi connectivity index (χ2v) is 14.4. The van der Waals surface area contributed by atoms with Crippen molar-refractivity contribution in [1.29, 1.82) is 0 Å². The van der Waals surface area contributed by atoms with Gasteiger partial charge in [-0.05, 0) is 68.2 Å². The van der Waals surface area contributed by atoms with Gasteiger partial charge in [-0.1, -0.05) is 40.7 Å². The van der Waals surface area contributed by atoms with Crippen LogP contribution in [0.25, 0.3) is 0 Å². The summed E-state index contributed by atoms with van der Waals surface area (Å²) in [6, 6.07) is 0. The van der Waals surface area contributed by atoms with E-state index >= 15 is 0 Å². The third-order valence-electron chi connectivity index (χ3n) is 3.72. The van der Waals surface area contributed by atoms with Gasteiger partial charge in [-0.2, -0.15) is 0 Å². The van der Waals surface area contributed by atoms with Gasteiger partial charge in [0.2, 0.25) is 0 Å². The average molecular weight is 400 g/mol. The van der Waals surface area contributed by atoms with Gasteiger partial charge in [0.25, 0.3) is 0 Å². The zero-order valence-electron chi connectivity index (χ0n) is 12.8. The third kappa shape index (κ3) is 7.46. The maximum absolute atomic E-state index is 6.26. The molecule has 0 rings (SSSR count). The van der Waals surface area contributed by atoms with Gasteiger partial charge in [0, 0.05) is 6.61 Å². The van der Waals surface area contributed by atoms with Crippen LogP contribution in [0.15, 0.2) is 9.47 Å². The maximum atomic E-state index is 6.26. The van der Waals surface area contributed by atoms with Crippen molar-refractivity contribution in [3.63, 3.8) is 0 Å². The fraction of sp³-hybridized carbons (Fsp3) is 0.857. The molecule has 0 aromatic carbocycles. The second kappa shape index (κ2) is 7.60. The van der Waals surface area contributed by atoms with Crippen LogP contribution in [0.3, 0.4) is 0 Å². The summed E-state index contributed by atoms with van der Waals surface area (Å²) < 4.78 is 7.30. The fourth-order valence-electron chi connectivity index (χ4n) is 1.55. The summed E-state index contributed by atoms with van der Waals surface area (Å²) in [5.41, 5.74) is 0. The lowest BCUT2D eigenvalue weighted by Crippen LogP contribution is -2.41. The molecule has 0 aliphatic carbocycles. The van der Waals surface area contributed by atoms with E-state index in [1.165, 1.54) is 0 Å². The standard InChI is InChI=1S/C14H28Br2OSi/c1-11(9-13(15)16)8-12(2)10-17-18(6,7)14(3,4)5/h9,11-12H,8,10H2,1-7H3/t11-,12-/m1/s1. The first-order valence-electron chi connectivity index (χ1n) is 6.62. The molecule has 1 nitrogen and oxygen atoms in total. The molecule has 4 heteroatoms. The smallest absolute Gasteiger partial charge is 0.191 e. The number of hydrogen-bond acceptors (Lipinski definition) is 1. The Morgan fingerprint density at radius 3 is 2.11 bits per heavy atom. The average Bonchev–Trinajstić information content (AvgIpc) is 2.11. The summed E-state index contributed by atoms with van der Waals surface area (Å²) in [7, 11) is -1.58. The van der Waals surface area contributed by atoms with Gasteiger partial charge < -0.3 is 4.43 Å². The van der Waals surface area contributed by atoms with Crippen molar-refractivity contribution in [2.45, 2.75) is 59.2 Å². The Labute approximate surface area is 131 Å². The molecule has 0 amide bonds. The molecular weight excluding hydrogens is 372 g/mol. The topological polar surface area (TPSA) is 9.23 Å². The third-order valence-corrected chi connectivity index (χ3v) is 8.75. The molecule has 0 heterocycles. The summed E-state index contributed by atoms with van der Waals surface area (Å²) >= 11 is 6.83. The Kier molecular flexibility index (Phi) is 7.97. The van der Waals surface area contributed by atoms with Gasteiger partial charge in [0.15, 0.2) is 8.32 Å². The van der Waals surface area contributed by atoms with E-state index in [1.54, 1.807) is 0 Å². The summed E-state index contributed by atoms with van der Waals surface area (Å²) in [5.74, 6) is 1.17. The van der Waals surface area contributed by atoms with Crippen molar-refractivity contribution in [3.8, 4) is 0 Å². The van der Waals surface area contributed by atoms with E-state index < -0.39 is 8.32 Å². The molecule has 0 aromatic rings. The first-order chi connectivity index (χ1) is 7.95. The molecule has 0 saturated heterocycles. The van der Waals surface area contributed by atoms with E-state index in [0.29, 0.717) is 16.9 Å². The monoisotopic (exact) mass is 398 g/mol. The van der Waals surface area contributed by atoms with E-state index in [4.69, 9.17) is 4.43 Å². The van der Waals surface area contributed by atoms with Crippen LogP contribution >= 0.6 is 31.9 Å². The van der Waals surface area contributed by atoms with Gasteiger partial charge in [-0.3, -0.25) is 0 Å². The molecule has 0 aromatic heterocycles. The summed E-state index contributed by atoms with van der Waals surface area (Å²) in [4.78, 5) is 0. The Hall–Kier alpha value is 0.877. The fourth-order valence-corrected chi connectivity index (χ4v) is 3.59. The van der Waals surface area contributed by atoms with E-state index in [2.05, 4.69) is 85.6 Å². The Balaban J connectivity index is 4.20. The molecule has 0 aliphatic rings. The number of rotatable bonds is 6. The lowest BCUT2D eigenvalue weighted by molar-refractivity contribution is 0.223. The molecule has 2 atom stereocenters. The van der Waals surface area contributed by atoms with Crippen molar-refractivity contribution in [1.82, 2.24) is 0 Å². The molecule has 0 saturated carbocycles. The predicted molar refractivity (Wildman–Crippen MR) is 92.0 cm³/mol. The highest BCUT2D eigenvalue weighted by atomic mass is 79.9. The van der Waals surface area contributed by atoms with Crippen LogP contribution in [-0.4, -0.2) is 14.9 Å². The zero-order valence-corrected chi connectivity index (χ0v) is 17.0. The Morgan fingerprint density at radius 1 is 1.22 bits per heavy atom. The summed E-state index contributed by atoms with van der Waals surface area (Å²) in [6.07, 6.45) is 3.36. The van der Waals surface area contributed by atoms with E-state index in [0.717, 1.165) is 16.4 Å². The molecule has 0 spiro atoms. The molecule has 0 aliphatic heterocycles. The first-order valence-corrected chi connectivity index (χ1v) is 11.1. The highest BCUT2D eigenvalue weighted by Crippen LogP contribution is 2.37. The molecule has 0 radical (unpaired) electrons. The van der Waals surface area contributed by atoms with Crippen LogP contribution in [0.4, 0.5) is 0 Å². The number of hydrogen-bond donors (Lipinski definition) is 0. The van der Waals surface area contributed by atoms with Gasteiger partial charge in [-0.25, -0.2) is 0 Å². The zero-order chi connectivity index (χ0) is 14.6. The van der Waals surface area contributed by atoms with E-state index in [9.17, 15) is 0 Å². The van der Waals surface area contributed by atoms with Crippen LogP contribution in [0, 0.1) is 11.8 Å². The minimum atomic E-state index is -1.58. The van der Waals surface area contributed by atoms with Crippen LogP contribution in [0.5, 0.6) is 0 Å². The quantitative estimate of drug-likeness (QED) is 0.476. The van der Waals surface area contributed by atoms with Crippen LogP contribution in [0.1, 0.15) is 41.0 Å². The summed E-state index contributed by atoms with van der Waals surface area (Å²) in [5, 5.41) is 0.303. The molecule has 0 fully saturated rings. The molecule has 108 valence electrons. The largest absolute Gasteiger partial charge is 0.417 e. The van der Waals surface area contributed by atoms with Crippen molar-refractivity contribution in [3.05, 3.63) is 9.47 Å². The molecule has 18 heavy (non-hydrogen) atoms. The molecule has 0 N–H and O–H groups in total. The lowest BCUT2D eigenvalue weighted by Gasteiger charge is -2.37. The van der Waals surface area contributed by atoms with Gasteiger partial charge in [-0.15, -0.1) is 0 Å². The molecule has 0 unspecified atom stereocenters. The summed E-state index contributed by atoms with van der Waals surface area (Å²) in [6.45, 7) is 16.9.